The van der Waals surface area contributed by atoms with E-state index in [1.807, 2.05) is 0 Å². The van der Waals surface area contributed by atoms with E-state index in [2.05, 4.69) is 20.6 Å². The largest absolute Gasteiger partial charge is 0.416 e. The molecular formula is C18H15F4N5O2S. The number of rotatable bonds is 5. The van der Waals surface area contributed by atoms with Gasteiger partial charge in [0.2, 0.25) is 16.0 Å². The van der Waals surface area contributed by atoms with E-state index >= 15 is 0 Å². The van der Waals surface area contributed by atoms with Gasteiger partial charge in [-0.15, -0.1) is 0 Å². The molecule has 7 nitrogen and oxygen atoms in total. The van der Waals surface area contributed by atoms with E-state index in [9.17, 15) is 26.0 Å². The molecule has 0 aliphatic carbocycles. The number of hydrogen-bond donors (Lipinski definition) is 3. The van der Waals surface area contributed by atoms with Gasteiger partial charge < -0.3 is 10.6 Å². The lowest BCUT2D eigenvalue weighted by atomic mass is 10.2. The average Bonchev–Trinajstić information content (AvgIpc) is 2.65. The Labute approximate surface area is 169 Å². The summed E-state index contributed by atoms with van der Waals surface area (Å²) in [7, 11) is -3.95. The molecule has 0 aliphatic heterocycles. The average molecular weight is 441 g/mol. The third-order valence-electron chi connectivity index (χ3n) is 3.97. The fourth-order valence-corrected chi connectivity index (χ4v) is 3.32. The molecule has 0 fully saturated rings. The van der Waals surface area contributed by atoms with Crippen molar-refractivity contribution in [3.63, 3.8) is 0 Å². The van der Waals surface area contributed by atoms with Gasteiger partial charge in [0.1, 0.15) is 0 Å². The molecule has 0 atom stereocenters. The van der Waals surface area contributed by atoms with E-state index in [1.54, 1.807) is 13.0 Å². The highest BCUT2D eigenvalue weighted by Crippen LogP contribution is 2.30. The summed E-state index contributed by atoms with van der Waals surface area (Å²) in [6.45, 7) is 1.57. The number of nitrogens with one attached hydrogen (secondary N) is 2. The Kier molecular flexibility index (Phi) is 5.63. The molecule has 4 N–H and O–H groups in total. The van der Waals surface area contributed by atoms with Crippen molar-refractivity contribution < 1.29 is 26.0 Å². The predicted molar refractivity (Wildman–Crippen MR) is 103 cm³/mol. The SMILES string of the molecule is Cc1ccc(Nc2ncc(F)c(Nc3ccc(C(F)(F)F)cc3)n2)cc1S(N)(=O)=O. The third kappa shape index (κ3) is 5.02. The fourth-order valence-electron chi connectivity index (χ4n) is 2.51. The number of sulfonamides is 1. The smallest absolute Gasteiger partial charge is 0.338 e. The second-order valence-corrected chi connectivity index (χ2v) is 7.77. The standard InChI is InChI=1S/C18H15F4N5O2S/c1-10-2-5-13(8-15(10)30(23,28)29)26-17-24-9-14(19)16(27-17)25-12-6-3-11(4-7-12)18(20,21)22/h2-9H,1H3,(H2,23,28,29)(H2,24,25,26,27). The number of halogens is 4. The van der Waals surface area contributed by atoms with Gasteiger partial charge >= 0.3 is 6.18 Å². The zero-order valence-corrected chi connectivity index (χ0v) is 16.1. The van der Waals surface area contributed by atoms with Crippen molar-refractivity contribution in [2.75, 3.05) is 10.6 Å². The Hall–Kier alpha value is -3.25. The van der Waals surface area contributed by atoms with Crippen LogP contribution in [0.1, 0.15) is 11.1 Å². The van der Waals surface area contributed by atoms with E-state index in [4.69, 9.17) is 5.14 Å². The first kappa shape index (κ1) is 21.5. The maximum Gasteiger partial charge on any atom is 0.416 e. The van der Waals surface area contributed by atoms with Crippen LogP contribution in [0.3, 0.4) is 0 Å². The van der Waals surface area contributed by atoms with Crippen LogP contribution in [-0.4, -0.2) is 18.4 Å². The summed E-state index contributed by atoms with van der Waals surface area (Å²) in [5.74, 6) is -1.20. The first-order chi connectivity index (χ1) is 13.9. The Morgan fingerprint density at radius 2 is 1.63 bits per heavy atom. The van der Waals surface area contributed by atoms with E-state index in [-0.39, 0.29) is 28.0 Å². The number of nitrogens with two attached hydrogens (primary N) is 1. The Morgan fingerprint density at radius 3 is 2.23 bits per heavy atom. The van der Waals surface area contributed by atoms with Gasteiger partial charge in [-0.3, -0.25) is 0 Å². The van der Waals surface area contributed by atoms with Crippen LogP contribution in [0.2, 0.25) is 0 Å². The van der Waals surface area contributed by atoms with Gasteiger partial charge in [-0.25, -0.2) is 22.9 Å². The number of hydrogen-bond acceptors (Lipinski definition) is 6. The van der Waals surface area contributed by atoms with Crippen LogP contribution in [0.15, 0.2) is 53.6 Å². The second kappa shape index (κ2) is 7.88. The number of aromatic nitrogens is 2. The molecule has 30 heavy (non-hydrogen) atoms. The molecule has 0 bridgehead atoms. The van der Waals surface area contributed by atoms with Crippen LogP contribution in [-0.2, 0) is 16.2 Å². The molecule has 0 saturated heterocycles. The van der Waals surface area contributed by atoms with Crippen molar-refractivity contribution in [2.45, 2.75) is 18.0 Å². The maximum atomic E-state index is 14.0. The number of primary sulfonamides is 1. The molecule has 158 valence electrons. The molecule has 0 spiro atoms. The highest BCUT2D eigenvalue weighted by Gasteiger charge is 2.30. The normalized spacial score (nSPS) is 11.9. The van der Waals surface area contributed by atoms with Gasteiger partial charge in [0, 0.05) is 11.4 Å². The van der Waals surface area contributed by atoms with Crippen LogP contribution in [0.25, 0.3) is 0 Å². The number of benzene rings is 2. The highest BCUT2D eigenvalue weighted by molar-refractivity contribution is 7.89. The lowest BCUT2D eigenvalue weighted by molar-refractivity contribution is -0.137. The van der Waals surface area contributed by atoms with Gasteiger partial charge in [-0.1, -0.05) is 6.07 Å². The summed E-state index contributed by atoms with van der Waals surface area (Å²) < 4.78 is 75.2. The Balaban J connectivity index is 1.84. The summed E-state index contributed by atoms with van der Waals surface area (Å²) in [6, 6.07) is 8.32. The van der Waals surface area contributed by atoms with Crippen LogP contribution in [0.5, 0.6) is 0 Å². The molecule has 1 aromatic heterocycles. The van der Waals surface area contributed by atoms with Crippen LogP contribution in [0, 0.1) is 12.7 Å². The molecule has 0 radical (unpaired) electrons. The number of alkyl halides is 3. The molecule has 12 heteroatoms. The lowest BCUT2D eigenvalue weighted by Gasteiger charge is -2.12. The molecule has 3 aromatic rings. The quantitative estimate of drug-likeness (QED) is 0.515. The van der Waals surface area contributed by atoms with Gasteiger partial charge in [-0.05, 0) is 48.9 Å². The molecule has 3 rings (SSSR count). The number of aryl methyl sites for hydroxylation is 1. The summed E-state index contributed by atoms with van der Waals surface area (Å²) >= 11 is 0. The summed E-state index contributed by atoms with van der Waals surface area (Å²) in [6.07, 6.45) is -3.63. The molecule has 0 saturated carbocycles. The van der Waals surface area contributed by atoms with E-state index in [1.165, 1.54) is 12.1 Å². The van der Waals surface area contributed by atoms with Gasteiger partial charge in [0.05, 0.1) is 16.7 Å². The van der Waals surface area contributed by atoms with E-state index < -0.39 is 27.6 Å². The van der Waals surface area contributed by atoms with E-state index in [0.29, 0.717) is 5.56 Å². The number of nitrogens with zero attached hydrogens (tertiary/aromatic N) is 2. The van der Waals surface area contributed by atoms with Crippen molar-refractivity contribution in [1.29, 1.82) is 0 Å². The first-order valence-electron chi connectivity index (χ1n) is 8.31. The van der Waals surface area contributed by atoms with Crippen molar-refractivity contribution in [3.05, 3.63) is 65.6 Å². The fraction of sp³-hybridized carbons (Fsp3) is 0.111. The van der Waals surface area contributed by atoms with E-state index in [0.717, 1.165) is 30.5 Å². The maximum absolute atomic E-state index is 14.0. The summed E-state index contributed by atoms with van der Waals surface area (Å²) in [4.78, 5) is 7.61. The minimum Gasteiger partial charge on any atom is -0.338 e. The van der Waals surface area contributed by atoms with Crippen molar-refractivity contribution in [3.8, 4) is 0 Å². The molecule has 1 heterocycles. The van der Waals surface area contributed by atoms with Gasteiger partial charge in [0.25, 0.3) is 0 Å². The molecule has 0 aliphatic rings. The van der Waals surface area contributed by atoms with Crippen LogP contribution >= 0.6 is 0 Å². The molecule has 2 aromatic carbocycles. The topological polar surface area (TPSA) is 110 Å². The molecule has 0 amide bonds. The van der Waals surface area contributed by atoms with Crippen LogP contribution in [0.4, 0.5) is 40.7 Å². The second-order valence-electron chi connectivity index (χ2n) is 6.24. The zero-order valence-electron chi connectivity index (χ0n) is 15.3. The minimum absolute atomic E-state index is 0.0740. The minimum atomic E-state index is -4.49. The van der Waals surface area contributed by atoms with Crippen molar-refractivity contribution in [1.82, 2.24) is 9.97 Å². The third-order valence-corrected chi connectivity index (χ3v) is 5.02. The highest BCUT2D eigenvalue weighted by atomic mass is 32.2. The molecule has 0 unspecified atom stereocenters. The van der Waals surface area contributed by atoms with Gasteiger partial charge in [0.15, 0.2) is 11.6 Å². The summed E-state index contributed by atoms with van der Waals surface area (Å²) in [5.41, 5.74) is 0.0615. The number of anilines is 4. The van der Waals surface area contributed by atoms with Crippen molar-refractivity contribution in [2.24, 2.45) is 5.14 Å². The van der Waals surface area contributed by atoms with Crippen LogP contribution < -0.4 is 15.8 Å². The first-order valence-corrected chi connectivity index (χ1v) is 9.85. The zero-order chi connectivity index (χ0) is 22.1. The monoisotopic (exact) mass is 441 g/mol. The van der Waals surface area contributed by atoms with Gasteiger partial charge in [-0.2, -0.15) is 18.2 Å². The Morgan fingerprint density at radius 1 is 1.00 bits per heavy atom. The van der Waals surface area contributed by atoms with Crippen molar-refractivity contribution >= 4 is 33.2 Å². The lowest BCUT2D eigenvalue weighted by Crippen LogP contribution is -2.14. The molecular weight excluding hydrogens is 426 g/mol. The Bertz CT molecular complexity index is 1180. The predicted octanol–water partition coefficient (Wildman–Crippen LogP) is 4.08. The summed E-state index contributed by atoms with van der Waals surface area (Å²) in [5, 5.41) is 10.5.